The first-order chi connectivity index (χ1) is 8.49. The molecule has 0 saturated heterocycles. The first-order valence-electron chi connectivity index (χ1n) is 5.45. The molecular weight excluding hydrogens is 239 g/mol. The predicted molar refractivity (Wildman–Crippen MR) is 63.5 cm³/mol. The van der Waals surface area contributed by atoms with Crippen LogP contribution >= 0.6 is 0 Å². The number of nitrogens with two attached hydrogens (primary N) is 1. The molecule has 2 N–H and O–H groups in total. The average Bonchev–Trinajstić information content (AvgIpc) is 2.27. The number of halogens is 3. The van der Waals surface area contributed by atoms with Crippen LogP contribution in [0.4, 0.5) is 13.2 Å². The van der Waals surface area contributed by atoms with Gasteiger partial charge in [-0.25, -0.2) is 13.2 Å². The lowest BCUT2D eigenvalue weighted by Crippen LogP contribution is -2.16. The Kier molecular flexibility index (Phi) is 3.39. The second kappa shape index (κ2) is 4.82. The minimum Gasteiger partial charge on any atom is -0.320 e. The molecule has 0 spiro atoms. The van der Waals surface area contributed by atoms with E-state index in [0.29, 0.717) is 11.1 Å². The number of rotatable bonds is 2. The highest BCUT2D eigenvalue weighted by atomic mass is 19.1. The molecule has 0 amide bonds. The molecule has 94 valence electrons. The van der Waals surface area contributed by atoms with Crippen molar-refractivity contribution in [1.29, 1.82) is 0 Å². The minimum absolute atomic E-state index is 0.248. The van der Waals surface area contributed by atoms with Gasteiger partial charge in [-0.15, -0.1) is 0 Å². The third kappa shape index (κ3) is 2.38. The van der Waals surface area contributed by atoms with E-state index in [1.165, 1.54) is 18.2 Å². The van der Waals surface area contributed by atoms with E-state index in [4.69, 9.17) is 5.73 Å². The molecule has 0 aliphatic rings. The fourth-order valence-electron chi connectivity index (χ4n) is 1.92. The zero-order chi connectivity index (χ0) is 13.3. The second-order valence-electron chi connectivity index (χ2n) is 4.17. The topological polar surface area (TPSA) is 26.0 Å². The van der Waals surface area contributed by atoms with Crippen LogP contribution in [0.2, 0.25) is 0 Å². The molecule has 0 fully saturated rings. The highest BCUT2D eigenvalue weighted by molar-refractivity contribution is 5.35. The van der Waals surface area contributed by atoms with E-state index < -0.39 is 23.5 Å². The first-order valence-corrected chi connectivity index (χ1v) is 5.45. The van der Waals surface area contributed by atoms with Gasteiger partial charge in [0.05, 0.1) is 6.04 Å². The first kappa shape index (κ1) is 12.6. The summed E-state index contributed by atoms with van der Waals surface area (Å²) in [6, 6.07) is 6.62. The smallest absolute Gasteiger partial charge is 0.131 e. The van der Waals surface area contributed by atoms with Crippen molar-refractivity contribution in [3.63, 3.8) is 0 Å². The largest absolute Gasteiger partial charge is 0.320 e. The summed E-state index contributed by atoms with van der Waals surface area (Å²) in [6.07, 6.45) is 0. The van der Waals surface area contributed by atoms with Gasteiger partial charge < -0.3 is 5.73 Å². The Morgan fingerprint density at radius 1 is 1.00 bits per heavy atom. The standard InChI is InChI=1S/C14H12F3N/c1-8-5-9(7-10(15)6-8)14(18)13-11(16)3-2-4-12(13)17/h2-7,14H,18H2,1H3. The van der Waals surface area contributed by atoms with Crippen molar-refractivity contribution in [2.24, 2.45) is 5.73 Å². The van der Waals surface area contributed by atoms with Crippen molar-refractivity contribution < 1.29 is 13.2 Å². The van der Waals surface area contributed by atoms with Gasteiger partial charge in [0, 0.05) is 5.56 Å². The van der Waals surface area contributed by atoms with Crippen LogP contribution in [-0.4, -0.2) is 0 Å². The summed E-state index contributed by atoms with van der Waals surface area (Å²) in [7, 11) is 0. The lowest BCUT2D eigenvalue weighted by Gasteiger charge is -2.15. The van der Waals surface area contributed by atoms with Gasteiger partial charge in [0.15, 0.2) is 0 Å². The molecule has 0 aromatic heterocycles. The number of hydrogen-bond acceptors (Lipinski definition) is 1. The van der Waals surface area contributed by atoms with Gasteiger partial charge in [0.25, 0.3) is 0 Å². The SMILES string of the molecule is Cc1cc(F)cc(C(N)c2c(F)cccc2F)c1. The summed E-state index contributed by atoms with van der Waals surface area (Å²) in [5.41, 5.74) is 6.56. The van der Waals surface area contributed by atoms with E-state index in [2.05, 4.69) is 0 Å². The van der Waals surface area contributed by atoms with Gasteiger partial charge in [-0.1, -0.05) is 12.1 Å². The fraction of sp³-hybridized carbons (Fsp3) is 0.143. The molecule has 0 radical (unpaired) electrons. The summed E-state index contributed by atoms with van der Waals surface area (Å²) < 4.78 is 40.4. The molecule has 0 aliphatic heterocycles. The Bertz CT molecular complexity index is 541. The number of aryl methyl sites for hydroxylation is 1. The molecule has 1 unspecified atom stereocenters. The Morgan fingerprint density at radius 3 is 2.17 bits per heavy atom. The van der Waals surface area contributed by atoms with E-state index in [0.717, 1.165) is 12.1 Å². The summed E-state index contributed by atoms with van der Waals surface area (Å²) in [6.45, 7) is 1.69. The van der Waals surface area contributed by atoms with Crippen LogP contribution in [0.5, 0.6) is 0 Å². The van der Waals surface area contributed by atoms with Crippen molar-refractivity contribution in [3.8, 4) is 0 Å². The van der Waals surface area contributed by atoms with Gasteiger partial charge in [-0.05, 0) is 42.3 Å². The van der Waals surface area contributed by atoms with Crippen molar-refractivity contribution in [2.75, 3.05) is 0 Å². The number of hydrogen-bond donors (Lipinski definition) is 1. The van der Waals surface area contributed by atoms with Crippen LogP contribution in [0, 0.1) is 24.4 Å². The van der Waals surface area contributed by atoms with Crippen LogP contribution in [0.3, 0.4) is 0 Å². The van der Waals surface area contributed by atoms with E-state index in [1.807, 2.05) is 0 Å². The average molecular weight is 251 g/mol. The molecule has 0 aliphatic carbocycles. The molecule has 0 bridgehead atoms. The summed E-state index contributed by atoms with van der Waals surface area (Å²) >= 11 is 0. The van der Waals surface area contributed by atoms with Crippen LogP contribution in [0.25, 0.3) is 0 Å². The van der Waals surface area contributed by atoms with E-state index in [9.17, 15) is 13.2 Å². The Hall–Kier alpha value is -1.81. The molecule has 1 atom stereocenters. The van der Waals surface area contributed by atoms with Crippen molar-refractivity contribution >= 4 is 0 Å². The van der Waals surface area contributed by atoms with E-state index in [1.54, 1.807) is 13.0 Å². The molecule has 4 heteroatoms. The molecule has 0 heterocycles. The van der Waals surface area contributed by atoms with Gasteiger partial charge in [-0.2, -0.15) is 0 Å². The van der Waals surface area contributed by atoms with Crippen LogP contribution in [0.15, 0.2) is 36.4 Å². The molecule has 1 nitrogen and oxygen atoms in total. The van der Waals surface area contributed by atoms with Gasteiger partial charge >= 0.3 is 0 Å². The van der Waals surface area contributed by atoms with Crippen LogP contribution < -0.4 is 5.73 Å². The lowest BCUT2D eigenvalue weighted by atomic mass is 9.97. The van der Waals surface area contributed by atoms with Crippen LogP contribution in [-0.2, 0) is 0 Å². The molecule has 2 rings (SSSR count). The zero-order valence-corrected chi connectivity index (χ0v) is 9.75. The summed E-state index contributed by atoms with van der Waals surface area (Å²) in [5.74, 6) is -1.94. The maximum Gasteiger partial charge on any atom is 0.131 e. The number of benzene rings is 2. The summed E-state index contributed by atoms with van der Waals surface area (Å²) in [5, 5.41) is 0. The molecule has 2 aromatic carbocycles. The maximum atomic E-state index is 13.6. The quantitative estimate of drug-likeness (QED) is 0.869. The molecule has 0 saturated carbocycles. The van der Waals surface area contributed by atoms with Crippen molar-refractivity contribution in [1.82, 2.24) is 0 Å². The maximum absolute atomic E-state index is 13.6. The Morgan fingerprint density at radius 2 is 1.61 bits per heavy atom. The van der Waals surface area contributed by atoms with Gasteiger partial charge in [0.1, 0.15) is 17.5 Å². The Labute approximate surface area is 103 Å². The van der Waals surface area contributed by atoms with E-state index in [-0.39, 0.29) is 5.56 Å². The monoisotopic (exact) mass is 251 g/mol. The van der Waals surface area contributed by atoms with Gasteiger partial charge in [0.2, 0.25) is 0 Å². The fourth-order valence-corrected chi connectivity index (χ4v) is 1.92. The predicted octanol–water partition coefficient (Wildman–Crippen LogP) is 3.46. The van der Waals surface area contributed by atoms with E-state index >= 15 is 0 Å². The zero-order valence-electron chi connectivity index (χ0n) is 9.75. The highest BCUT2D eigenvalue weighted by Crippen LogP contribution is 2.26. The van der Waals surface area contributed by atoms with Crippen molar-refractivity contribution in [2.45, 2.75) is 13.0 Å². The molecule has 2 aromatic rings. The summed E-state index contributed by atoms with van der Waals surface area (Å²) in [4.78, 5) is 0. The highest BCUT2D eigenvalue weighted by Gasteiger charge is 2.18. The third-order valence-electron chi connectivity index (χ3n) is 2.73. The normalized spacial score (nSPS) is 12.5. The third-order valence-corrected chi connectivity index (χ3v) is 2.73. The van der Waals surface area contributed by atoms with Crippen molar-refractivity contribution in [3.05, 3.63) is 70.5 Å². The minimum atomic E-state index is -1.03. The van der Waals surface area contributed by atoms with Crippen LogP contribution in [0.1, 0.15) is 22.7 Å². The second-order valence-corrected chi connectivity index (χ2v) is 4.17. The lowest BCUT2D eigenvalue weighted by molar-refractivity contribution is 0.542. The molecule has 18 heavy (non-hydrogen) atoms. The Balaban J connectivity index is 2.51. The molecular formula is C14H12F3N. The van der Waals surface area contributed by atoms with Gasteiger partial charge in [-0.3, -0.25) is 0 Å².